The minimum atomic E-state index is -0.762. The van der Waals surface area contributed by atoms with Gasteiger partial charge >= 0.3 is 0 Å². The monoisotopic (exact) mass is 343 g/mol. The Hall–Kier alpha value is -3.35. The molecule has 1 aromatic heterocycles. The van der Waals surface area contributed by atoms with Crippen molar-refractivity contribution in [3.05, 3.63) is 83.9 Å². The molecule has 0 atom stereocenters. The molecule has 1 heterocycles. The summed E-state index contributed by atoms with van der Waals surface area (Å²) in [6.07, 6.45) is 1.37. The molecule has 0 bridgehead atoms. The summed E-state index contributed by atoms with van der Waals surface area (Å²) >= 11 is 0. The molecule has 0 radical (unpaired) electrons. The highest BCUT2D eigenvalue weighted by Gasteiger charge is 2.10. The van der Waals surface area contributed by atoms with Gasteiger partial charge in [0.05, 0.1) is 5.69 Å². The van der Waals surface area contributed by atoms with Gasteiger partial charge in [-0.15, -0.1) is 0 Å². The van der Waals surface area contributed by atoms with E-state index in [1.54, 1.807) is 0 Å². The summed E-state index contributed by atoms with van der Waals surface area (Å²) in [5, 5.41) is 5.26. The predicted molar refractivity (Wildman–Crippen MR) is 88.2 cm³/mol. The Kier molecular flexibility index (Phi) is 4.65. The molecule has 0 unspecified atom stereocenters. The third-order valence-electron chi connectivity index (χ3n) is 3.29. The van der Waals surface area contributed by atoms with Crippen LogP contribution in [0.2, 0.25) is 0 Å². The summed E-state index contributed by atoms with van der Waals surface area (Å²) in [6, 6.07) is 11.5. The van der Waals surface area contributed by atoms with Gasteiger partial charge in [0.1, 0.15) is 23.1 Å². The van der Waals surface area contributed by atoms with Crippen molar-refractivity contribution in [1.29, 1.82) is 0 Å². The van der Waals surface area contributed by atoms with Crippen LogP contribution in [0.5, 0.6) is 0 Å². The fourth-order valence-electron chi connectivity index (χ4n) is 2.14. The molecule has 0 saturated carbocycles. The summed E-state index contributed by atoms with van der Waals surface area (Å²) in [4.78, 5) is 16.1. The number of nitrogens with zero attached hydrogens (tertiary/aromatic N) is 1. The number of amides is 1. The lowest BCUT2D eigenvalue weighted by atomic mass is 10.2. The van der Waals surface area contributed by atoms with Crippen LogP contribution < -0.4 is 10.6 Å². The summed E-state index contributed by atoms with van der Waals surface area (Å²) in [7, 11) is 0. The molecule has 2 aromatic carbocycles. The number of hydrogen-bond acceptors (Lipinski definition) is 3. The zero-order valence-electron chi connectivity index (χ0n) is 12.8. The van der Waals surface area contributed by atoms with E-state index >= 15 is 0 Å². The fraction of sp³-hybridized carbons (Fsp3) is 0. The Morgan fingerprint density at radius 2 is 1.68 bits per heavy atom. The molecule has 4 nitrogen and oxygen atoms in total. The van der Waals surface area contributed by atoms with Crippen LogP contribution >= 0.6 is 0 Å². The van der Waals surface area contributed by atoms with Gasteiger partial charge in [0.15, 0.2) is 0 Å². The van der Waals surface area contributed by atoms with E-state index in [0.29, 0.717) is 5.69 Å². The number of pyridine rings is 1. The van der Waals surface area contributed by atoms with Gasteiger partial charge in [-0.25, -0.2) is 13.2 Å². The van der Waals surface area contributed by atoms with E-state index in [1.165, 1.54) is 48.7 Å². The van der Waals surface area contributed by atoms with Crippen molar-refractivity contribution in [2.75, 3.05) is 10.6 Å². The van der Waals surface area contributed by atoms with Crippen LogP contribution in [0.3, 0.4) is 0 Å². The van der Waals surface area contributed by atoms with E-state index < -0.39 is 23.4 Å². The molecule has 3 rings (SSSR count). The molecular formula is C18H12F3N3O. The average molecular weight is 343 g/mol. The Morgan fingerprint density at radius 1 is 0.880 bits per heavy atom. The number of carbonyl (C=O) groups is 1. The molecule has 1 amide bonds. The largest absolute Gasteiger partial charge is 0.353 e. The highest BCUT2D eigenvalue weighted by atomic mass is 19.1. The molecule has 0 spiro atoms. The van der Waals surface area contributed by atoms with Crippen molar-refractivity contribution in [3.8, 4) is 0 Å². The Labute approximate surface area is 141 Å². The highest BCUT2D eigenvalue weighted by molar-refractivity contribution is 6.03. The molecule has 0 aliphatic heterocycles. The van der Waals surface area contributed by atoms with Crippen LogP contribution in [0, 0.1) is 17.5 Å². The second-order valence-electron chi connectivity index (χ2n) is 5.14. The minimum Gasteiger partial charge on any atom is -0.353 e. The van der Waals surface area contributed by atoms with Crippen LogP contribution in [0.4, 0.5) is 30.2 Å². The van der Waals surface area contributed by atoms with Crippen molar-refractivity contribution in [2.45, 2.75) is 0 Å². The van der Waals surface area contributed by atoms with Crippen LogP contribution in [0.25, 0.3) is 0 Å². The number of hydrogen-bond donors (Lipinski definition) is 2. The minimum absolute atomic E-state index is 0.0526. The predicted octanol–water partition coefficient (Wildman–Crippen LogP) is 4.49. The second kappa shape index (κ2) is 7.04. The number of benzene rings is 2. The maximum Gasteiger partial charge on any atom is 0.274 e. The first-order chi connectivity index (χ1) is 12.0. The van der Waals surface area contributed by atoms with Crippen molar-refractivity contribution in [2.24, 2.45) is 0 Å². The standard InChI is InChI=1S/C18H12F3N3O/c19-11-2-1-3-13(8-11)24-18(25)17-10-14(6-7-22-17)23-16-5-4-12(20)9-15(16)21/h1-10H,(H,22,23)(H,24,25). The molecule has 7 heteroatoms. The van der Waals surface area contributed by atoms with Gasteiger partial charge < -0.3 is 10.6 Å². The lowest BCUT2D eigenvalue weighted by Gasteiger charge is -2.09. The van der Waals surface area contributed by atoms with Crippen molar-refractivity contribution >= 4 is 23.0 Å². The van der Waals surface area contributed by atoms with Gasteiger partial charge in [-0.05, 0) is 42.5 Å². The Balaban J connectivity index is 1.77. The number of anilines is 3. The Morgan fingerprint density at radius 3 is 2.44 bits per heavy atom. The first-order valence-electron chi connectivity index (χ1n) is 7.26. The van der Waals surface area contributed by atoms with Gasteiger partial charge in [0.25, 0.3) is 5.91 Å². The second-order valence-corrected chi connectivity index (χ2v) is 5.14. The van der Waals surface area contributed by atoms with E-state index in [4.69, 9.17) is 0 Å². The molecule has 25 heavy (non-hydrogen) atoms. The Bertz CT molecular complexity index is 931. The first-order valence-corrected chi connectivity index (χ1v) is 7.26. The van der Waals surface area contributed by atoms with Crippen LogP contribution in [-0.4, -0.2) is 10.9 Å². The van der Waals surface area contributed by atoms with Crippen molar-refractivity contribution in [3.63, 3.8) is 0 Å². The highest BCUT2D eigenvalue weighted by Crippen LogP contribution is 2.21. The molecule has 2 N–H and O–H groups in total. The van der Waals surface area contributed by atoms with E-state index in [1.807, 2.05) is 0 Å². The maximum absolute atomic E-state index is 13.7. The first kappa shape index (κ1) is 16.5. The van der Waals surface area contributed by atoms with Crippen LogP contribution in [-0.2, 0) is 0 Å². The third kappa shape index (κ3) is 4.14. The van der Waals surface area contributed by atoms with E-state index in [-0.39, 0.29) is 17.1 Å². The quantitative estimate of drug-likeness (QED) is 0.734. The van der Waals surface area contributed by atoms with Gasteiger partial charge in [-0.1, -0.05) is 6.07 Å². The SMILES string of the molecule is O=C(Nc1cccc(F)c1)c1cc(Nc2ccc(F)cc2F)ccn1. The zero-order chi connectivity index (χ0) is 17.8. The normalized spacial score (nSPS) is 10.4. The maximum atomic E-state index is 13.7. The van der Waals surface area contributed by atoms with E-state index in [9.17, 15) is 18.0 Å². The van der Waals surface area contributed by atoms with E-state index in [2.05, 4.69) is 15.6 Å². The summed E-state index contributed by atoms with van der Waals surface area (Å²) in [6.45, 7) is 0. The topological polar surface area (TPSA) is 54.0 Å². The van der Waals surface area contributed by atoms with Gasteiger partial charge in [0, 0.05) is 23.6 Å². The number of carbonyl (C=O) groups excluding carboxylic acids is 1. The van der Waals surface area contributed by atoms with Gasteiger partial charge in [0.2, 0.25) is 0 Å². The molecule has 3 aromatic rings. The molecule has 0 saturated heterocycles. The molecule has 0 fully saturated rings. The van der Waals surface area contributed by atoms with Crippen molar-refractivity contribution < 1.29 is 18.0 Å². The molecule has 0 aliphatic carbocycles. The van der Waals surface area contributed by atoms with Gasteiger partial charge in [-0.2, -0.15) is 0 Å². The fourth-order valence-corrected chi connectivity index (χ4v) is 2.14. The average Bonchev–Trinajstić information content (AvgIpc) is 2.58. The van der Waals surface area contributed by atoms with Gasteiger partial charge in [-0.3, -0.25) is 9.78 Å². The van der Waals surface area contributed by atoms with E-state index in [0.717, 1.165) is 12.1 Å². The number of rotatable bonds is 4. The lowest BCUT2D eigenvalue weighted by molar-refractivity contribution is 0.102. The molecule has 0 aliphatic rings. The summed E-state index contributed by atoms with van der Waals surface area (Å²) < 4.78 is 39.8. The molecule has 126 valence electrons. The number of nitrogens with one attached hydrogen (secondary N) is 2. The number of aromatic nitrogens is 1. The lowest BCUT2D eigenvalue weighted by Crippen LogP contribution is -2.14. The van der Waals surface area contributed by atoms with Crippen molar-refractivity contribution in [1.82, 2.24) is 4.98 Å². The smallest absolute Gasteiger partial charge is 0.274 e. The van der Waals surface area contributed by atoms with Crippen LogP contribution in [0.15, 0.2) is 60.8 Å². The van der Waals surface area contributed by atoms with Crippen LogP contribution in [0.1, 0.15) is 10.5 Å². The number of halogens is 3. The summed E-state index contributed by atoms with van der Waals surface area (Å²) in [5.74, 6) is -2.47. The third-order valence-corrected chi connectivity index (χ3v) is 3.29. The zero-order valence-corrected chi connectivity index (χ0v) is 12.8. The molecular weight excluding hydrogens is 331 g/mol. The summed E-state index contributed by atoms with van der Waals surface area (Å²) in [5.41, 5.74) is 0.792.